The van der Waals surface area contributed by atoms with E-state index in [4.69, 9.17) is 29.9 Å². The minimum atomic E-state index is -0.119. The first-order chi connectivity index (χ1) is 8.56. The summed E-state index contributed by atoms with van der Waals surface area (Å²) >= 11 is 5.85. The fourth-order valence-corrected chi connectivity index (χ4v) is 1.77. The highest BCUT2D eigenvalue weighted by molar-refractivity contribution is 6.32. The third kappa shape index (κ3) is 2.99. The van der Waals surface area contributed by atoms with E-state index >= 15 is 0 Å². The molecule has 0 spiro atoms. The fourth-order valence-electron chi connectivity index (χ4n) is 1.65. The summed E-state index contributed by atoms with van der Waals surface area (Å²) < 4.78 is 5.80. The van der Waals surface area contributed by atoms with Crippen LogP contribution in [0.25, 0.3) is 0 Å². The quantitative estimate of drug-likeness (QED) is 0.678. The molecule has 2 N–H and O–H groups in total. The van der Waals surface area contributed by atoms with E-state index in [1.807, 2.05) is 31.2 Å². The number of benzene rings is 2. The van der Waals surface area contributed by atoms with Crippen LogP contribution in [-0.4, -0.2) is 7.85 Å². The molecule has 0 aromatic heterocycles. The maximum atomic E-state index is 5.85. The summed E-state index contributed by atoms with van der Waals surface area (Å²) in [6.07, 6.45) is -0.119. The molecule has 1 atom stereocenters. The number of hydrogen-bond acceptors (Lipinski definition) is 2. The number of nitrogen functional groups attached to an aromatic ring is 1. The molecule has 18 heavy (non-hydrogen) atoms. The van der Waals surface area contributed by atoms with E-state index < -0.39 is 0 Å². The van der Waals surface area contributed by atoms with Crippen LogP contribution in [0.1, 0.15) is 18.6 Å². The van der Waals surface area contributed by atoms with Crippen LogP contribution in [-0.2, 0) is 0 Å². The van der Waals surface area contributed by atoms with Gasteiger partial charge < -0.3 is 10.5 Å². The maximum absolute atomic E-state index is 5.85. The molecule has 2 aromatic rings. The first kappa shape index (κ1) is 12.8. The van der Waals surface area contributed by atoms with Gasteiger partial charge in [0, 0.05) is 5.02 Å². The van der Waals surface area contributed by atoms with Crippen molar-refractivity contribution in [1.82, 2.24) is 0 Å². The van der Waals surface area contributed by atoms with Crippen LogP contribution in [0.4, 0.5) is 5.69 Å². The number of hydrogen-bond donors (Lipinski definition) is 1. The van der Waals surface area contributed by atoms with Gasteiger partial charge in [0.1, 0.15) is 19.7 Å². The standard InChI is InChI=1S/C14H13BClNO/c1-9(10-2-5-12(16)6-3-10)18-14-8-11(15)4-7-13(14)17/h2-9H,17H2,1H3. The van der Waals surface area contributed by atoms with Gasteiger partial charge >= 0.3 is 0 Å². The van der Waals surface area contributed by atoms with Gasteiger partial charge in [0.15, 0.2) is 0 Å². The van der Waals surface area contributed by atoms with E-state index in [1.54, 1.807) is 18.2 Å². The van der Waals surface area contributed by atoms with Gasteiger partial charge in [-0.25, -0.2) is 0 Å². The molecule has 90 valence electrons. The van der Waals surface area contributed by atoms with Crippen LogP contribution < -0.4 is 15.9 Å². The fraction of sp³-hybridized carbons (Fsp3) is 0.143. The second kappa shape index (κ2) is 5.36. The summed E-state index contributed by atoms with van der Waals surface area (Å²) in [5, 5.41) is 0.703. The lowest BCUT2D eigenvalue weighted by molar-refractivity contribution is 0.228. The Labute approximate surface area is 113 Å². The molecule has 0 aliphatic heterocycles. The zero-order valence-corrected chi connectivity index (χ0v) is 10.8. The van der Waals surface area contributed by atoms with Gasteiger partial charge in [0.25, 0.3) is 0 Å². The molecule has 0 amide bonds. The molecule has 1 unspecified atom stereocenters. The van der Waals surface area contributed by atoms with Gasteiger partial charge in [-0.2, -0.15) is 0 Å². The molecule has 2 nitrogen and oxygen atoms in total. The molecule has 2 rings (SSSR count). The van der Waals surface area contributed by atoms with Crippen LogP contribution in [0.3, 0.4) is 0 Å². The van der Waals surface area contributed by atoms with Crippen molar-refractivity contribution in [2.24, 2.45) is 0 Å². The predicted molar refractivity (Wildman–Crippen MR) is 76.7 cm³/mol. The molecule has 2 radical (unpaired) electrons. The van der Waals surface area contributed by atoms with Crippen molar-refractivity contribution < 1.29 is 4.74 Å². The molecule has 2 aromatic carbocycles. The molecule has 0 heterocycles. The molecular formula is C14H13BClNO. The van der Waals surface area contributed by atoms with Crippen molar-refractivity contribution >= 4 is 30.6 Å². The van der Waals surface area contributed by atoms with Crippen molar-refractivity contribution in [1.29, 1.82) is 0 Å². The summed E-state index contributed by atoms with van der Waals surface area (Å²) in [4.78, 5) is 0. The zero-order valence-electron chi connectivity index (χ0n) is 10.1. The van der Waals surface area contributed by atoms with Gasteiger partial charge in [0.05, 0.1) is 5.69 Å². The average Bonchev–Trinajstić information content (AvgIpc) is 2.34. The molecule has 4 heteroatoms. The highest BCUT2D eigenvalue weighted by atomic mass is 35.5. The lowest BCUT2D eigenvalue weighted by Gasteiger charge is -2.17. The number of ether oxygens (including phenoxy) is 1. The van der Waals surface area contributed by atoms with Crippen LogP contribution in [0.5, 0.6) is 5.75 Å². The topological polar surface area (TPSA) is 35.2 Å². The van der Waals surface area contributed by atoms with Crippen molar-refractivity contribution in [3.63, 3.8) is 0 Å². The van der Waals surface area contributed by atoms with Crippen molar-refractivity contribution in [2.45, 2.75) is 13.0 Å². The maximum Gasteiger partial charge on any atom is 0.142 e. The zero-order chi connectivity index (χ0) is 13.1. The number of halogens is 1. The molecular weight excluding hydrogens is 244 g/mol. The van der Waals surface area contributed by atoms with Gasteiger partial charge in [-0.1, -0.05) is 35.3 Å². The first-order valence-electron chi connectivity index (χ1n) is 5.63. The third-order valence-corrected chi connectivity index (χ3v) is 2.93. The number of nitrogens with two attached hydrogens (primary N) is 1. The Balaban J connectivity index is 2.18. The van der Waals surface area contributed by atoms with Gasteiger partial charge in [-0.05, 0) is 36.8 Å². The van der Waals surface area contributed by atoms with E-state index in [9.17, 15) is 0 Å². The molecule has 0 aliphatic carbocycles. The Kier molecular flexibility index (Phi) is 3.82. The minimum absolute atomic E-state index is 0.119. The SMILES string of the molecule is [B]c1ccc(N)c(OC(C)c2ccc(Cl)cc2)c1. The second-order valence-electron chi connectivity index (χ2n) is 4.11. The van der Waals surface area contributed by atoms with Gasteiger partial charge in [-0.3, -0.25) is 0 Å². The monoisotopic (exact) mass is 257 g/mol. The highest BCUT2D eigenvalue weighted by Crippen LogP contribution is 2.26. The summed E-state index contributed by atoms with van der Waals surface area (Å²) in [5.74, 6) is 0.595. The van der Waals surface area contributed by atoms with Gasteiger partial charge in [0.2, 0.25) is 0 Å². The summed E-state index contributed by atoms with van der Waals surface area (Å²) in [7, 11) is 5.71. The molecule has 0 saturated heterocycles. The van der Waals surface area contributed by atoms with E-state index in [0.29, 0.717) is 21.9 Å². The smallest absolute Gasteiger partial charge is 0.142 e. The predicted octanol–water partition coefficient (Wildman–Crippen LogP) is 2.86. The minimum Gasteiger partial charge on any atom is -0.484 e. The normalized spacial score (nSPS) is 12.1. The van der Waals surface area contributed by atoms with Crippen LogP contribution in [0, 0.1) is 0 Å². The molecule has 0 fully saturated rings. The molecule has 0 aliphatic rings. The summed E-state index contributed by atoms with van der Waals surface area (Å²) in [6, 6.07) is 12.7. The Morgan fingerprint density at radius 1 is 1.17 bits per heavy atom. The summed E-state index contributed by atoms with van der Waals surface area (Å²) in [5.41, 5.74) is 8.07. The van der Waals surface area contributed by atoms with Gasteiger partial charge in [-0.15, -0.1) is 0 Å². The Morgan fingerprint density at radius 3 is 2.50 bits per heavy atom. The molecule has 0 bridgehead atoms. The van der Waals surface area contributed by atoms with Crippen LogP contribution >= 0.6 is 11.6 Å². The van der Waals surface area contributed by atoms with E-state index in [-0.39, 0.29) is 6.10 Å². The highest BCUT2D eigenvalue weighted by Gasteiger charge is 2.09. The van der Waals surface area contributed by atoms with Crippen LogP contribution in [0.2, 0.25) is 5.02 Å². The van der Waals surface area contributed by atoms with Crippen molar-refractivity contribution in [2.75, 3.05) is 5.73 Å². The van der Waals surface area contributed by atoms with Crippen molar-refractivity contribution in [3.05, 3.63) is 53.1 Å². The van der Waals surface area contributed by atoms with E-state index in [2.05, 4.69) is 0 Å². The average molecular weight is 258 g/mol. The Bertz CT molecular complexity index is 542. The van der Waals surface area contributed by atoms with Crippen LogP contribution in [0.15, 0.2) is 42.5 Å². The Hall–Kier alpha value is -1.61. The van der Waals surface area contributed by atoms with E-state index in [1.165, 1.54) is 0 Å². The molecule has 0 saturated carbocycles. The van der Waals surface area contributed by atoms with Crippen molar-refractivity contribution in [3.8, 4) is 5.75 Å². The number of rotatable bonds is 3. The number of anilines is 1. The largest absolute Gasteiger partial charge is 0.484 e. The van der Waals surface area contributed by atoms with E-state index in [0.717, 1.165) is 5.56 Å². The lowest BCUT2D eigenvalue weighted by Crippen LogP contribution is -2.09. The Morgan fingerprint density at radius 2 is 1.83 bits per heavy atom. The summed E-state index contributed by atoms with van der Waals surface area (Å²) in [6.45, 7) is 1.95. The lowest BCUT2D eigenvalue weighted by atomic mass is 9.96. The third-order valence-electron chi connectivity index (χ3n) is 2.68. The first-order valence-corrected chi connectivity index (χ1v) is 6.01. The second-order valence-corrected chi connectivity index (χ2v) is 4.55.